The van der Waals surface area contributed by atoms with Crippen LogP contribution in [-0.2, 0) is 10.0 Å². The summed E-state index contributed by atoms with van der Waals surface area (Å²) >= 11 is 0. The molecule has 20 heavy (non-hydrogen) atoms. The number of nitrogens with one attached hydrogen (secondary N) is 1. The Balaban J connectivity index is 2.48. The third-order valence-corrected chi connectivity index (χ3v) is 3.88. The maximum Gasteiger partial charge on any atom is 0.240 e. The van der Waals surface area contributed by atoms with Crippen LogP contribution in [0.15, 0.2) is 41.3 Å². The molecule has 7 heteroatoms. The van der Waals surface area contributed by atoms with E-state index in [0.29, 0.717) is 16.9 Å². The zero-order chi connectivity index (χ0) is 14.9. The molecule has 2 aromatic rings. The Labute approximate surface area is 116 Å². The molecule has 0 unspecified atom stereocenters. The minimum atomic E-state index is -3.91. The highest BCUT2D eigenvalue weighted by molar-refractivity contribution is 7.89. The van der Waals surface area contributed by atoms with Gasteiger partial charge in [-0.15, -0.1) is 0 Å². The van der Waals surface area contributed by atoms with Gasteiger partial charge in [-0.25, -0.2) is 17.9 Å². The average Bonchev–Trinajstić information content (AvgIpc) is 2.36. The molecule has 106 valence electrons. The summed E-state index contributed by atoms with van der Waals surface area (Å²) in [4.78, 5) is -0.170. The van der Waals surface area contributed by atoms with Crippen LogP contribution >= 0.6 is 0 Å². The van der Waals surface area contributed by atoms with Crippen molar-refractivity contribution in [1.29, 1.82) is 0 Å². The number of nitrogens with two attached hydrogens (primary N) is 2. The lowest BCUT2D eigenvalue weighted by molar-refractivity contribution is 0.598. The lowest BCUT2D eigenvalue weighted by Gasteiger charge is -2.14. The van der Waals surface area contributed by atoms with Gasteiger partial charge in [0, 0.05) is 11.3 Å². The van der Waals surface area contributed by atoms with Crippen LogP contribution in [-0.4, -0.2) is 8.42 Å². The summed E-state index contributed by atoms with van der Waals surface area (Å²) < 4.78 is 36.2. The molecule has 0 aliphatic rings. The third-order valence-electron chi connectivity index (χ3n) is 2.91. The average molecular weight is 295 g/mol. The van der Waals surface area contributed by atoms with E-state index in [1.54, 1.807) is 25.1 Å². The molecule has 0 bridgehead atoms. The van der Waals surface area contributed by atoms with Crippen molar-refractivity contribution in [1.82, 2.24) is 0 Å². The largest absolute Gasteiger partial charge is 0.396 e. The number of para-hydroxylation sites is 1. The summed E-state index contributed by atoms with van der Waals surface area (Å²) in [5.41, 5.74) is 7.05. The van der Waals surface area contributed by atoms with E-state index in [1.807, 2.05) is 0 Å². The van der Waals surface area contributed by atoms with E-state index >= 15 is 0 Å². The number of anilines is 3. The Morgan fingerprint density at radius 3 is 2.35 bits per heavy atom. The highest BCUT2D eigenvalue weighted by Crippen LogP contribution is 2.30. The van der Waals surface area contributed by atoms with Gasteiger partial charge in [0.1, 0.15) is 10.7 Å². The van der Waals surface area contributed by atoms with E-state index in [9.17, 15) is 12.8 Å². The molecule has 2 aromatic carbocycles. The van der Waals surface area contributed by atoms with Gasteiger partial charge in [-0.2, -0.15) is 0 Å². The molecular weight excluding hydrogens is 281 g/mol. The number of sulfonamides is 1. The van der Waals surface area contributed by atoms with Crippen LogP contribution in [0, 0.1) is 12.7 Å². The van der Waals surface area contributed by atoms with Crippen molar-refractivity contribution in [3.8, 4) is 0 Å². The predicted molar refractivity (Wildman–Crippen MR) is 76.6 cm³/mol. The minimum Gasteiger partial charge on any atom is -0.396 e. The van der Waals surface area contributed by atoms with Crippen molar-refractivity contribution in [3.63, 3.8) is 0 Å². The topological polar surface area (TPSA) is 98.2 Å². The van der Waals surface area contributed by atoms with Gasteiger partial charge in [0.05, 0.1) is 11.4 Å². The van der Waals surface area contributed by atoms with Crippen molar-refractivity contribution >= 4 is 27.1 Å². The first-order chi connectivity index (χ1) is 9.30. The van der Waals surface area contributed by atoms with E-state index in [0.717, 1.165) is 0 Å². The van der Waals surface area contributed by atoms with Crippen LogP contribution in [0.1, 0.15) is 5.56 Å². The summed E-state index contributed by atoms with van der Waals surface area (Å²) in [7, 11) is -3.91. The van der Waals surface area contributed by atoms with Crippen LogP contribution in [0.3, 0.4) is 0 Å². The summed E-state index contributed by atoms with van der Waals surface area (Å²) in [6.45, 7) is 1.61. The number of benzene rings is 2. The number of primary sulfonamides is 1. The Hall–Kier alpha value is -2.12. The zero-order valence-electron chi connectivity index (χ0n) is 10.7. The van der Waals surface area contributed by atoms with Gasteiger partial charge in [-0.05, 0) is 31.2 Å². The summed E-state index contributed by atoms with van der Waals surface area (Å²) in [6, 6.07) is 8.96. The molecule has 0 aromatic heterocycles. The summed E-state index contributed by atoms with van der Waals surface area (Å²) in [6.07, 6.45) is 0. The van der Waals surface area contributed by atoms with Gasteiger partial charge in [0.15, 0.2) is 0 Å². The van der Waals surface area contributed by atoms with Gasteiger partial charge < -0.3 is 11.1 Å². The summed E-state index contributed by atoms with van der Waals surface area (Å²) in [5, 5.41) is 7.99. The van der Waals surface area contributed by atoms with Crippen molar-refractivity contribution in [2.24, 2.45) is 5.14 Å². The quantitative estimate of drug-likeness (QED) is 0.755. The number of nitrogen functional groups attached to an aromatic ring is 1. The molecule has 0 heterocycles. The normalized spacial score (nSPS) is 11.3. The van der Waals surface area contributed by atoms with E-state index in [1.165, 1.54) is 18.2 Å². The van der Waals surface area contributed by atoms with E-state index in [-0.39, 0.29) is 16.4 Å². The Morgan fingerprint density at radius 2 is 1.70 bits per heavy atom. The SMILES string of the molecule is Cc1c(F)cccc1Nc1cccc(S(N)(=O)=O)c1N. The zero-order valence-corrected chi connectivity index (χ0v) is 11.5. The first kappa shape index (κ1) is 14.3. The molecule has 0 spiro atoms. The molecule has 0 saturated heterocycles. The first-order valence-corrected chi connectivity index (χ1v) is 7.29. The molecule has 0 saturated carbocycles. The maximum atomic E-state index is 13.5. The van der Waals surface area contributed by atoms with Crippen molar-refractivity contribution in [2.75, 3.05) is 11.1 Å². The first-order valence-electron chi connectivity index (χ1n) is 5.74. The third kappa shape index (κ3) is 2.73. The Kier molecular flexibility index (Phi) is 3.65. The molecule has 0 aliphatic carbocycles. The van der Waals surface area contributed by atoms with Crippen LogP contribution in [0.4, 0.5) is 21.5 Å². The summed E-state index contributed by atoms with van der Waals surface area (Å²) in [5.74, 6) is -0.365. The van der Waals surface area contributed by atoms with E-state index < -0.39 is 10.0 Å². The minimum absolute atomic E-state index is 0.00124. The van der Waals surface area contributed by atoms with Crippen LogP contribution in [0.25, 0.3) is 0 Å². The fraction of sp³-hybridized carbons (Fsp3) is 0.0769. The van der Waals surface area contributed by atoms with Crippen LogP contribution in [0.2, 0.25) is 0 Å². The fourth-order valence-corrected chi connectivity index (χ4v) is 2.47. The number of hydrogen-bond acceptors (Lipinski definition) is 4. The monoisotopic (exact) mass is 295 g/mol. The van der Waals surface area contributed by atoms with Gasteiger partial charge in [0.25, 0.3) is 0 Å². The molecule has 0 amide bonds. The van der Waals surface area contributed by atoms with E-state index in [4.69, 9.17) is 10.9 Å². The molecule has 5 N–H and O–H groups in total. The fourth-order valence-electron chi connectivity index (χ4n) is 1.79. The molecular formula is C13H14FN3O2S. The second-order valence-corrected chi connectivity index (χ2v) is 5.83. The Morgan fingerprint density at radius 1 is 1.10 bits per heavy atom. The smallest absolute Gasteiger partial charge is 0.240 e. The van der Waals surface area contributed by atoms with Crippen molar-refractivity contribution in [3.05, 3.63) is 47.8 Å². The van der Waals surface area contributed by atoms with Crippen LogP contribution < -0.4 is 16.2 Å². The number of hydrogen-bond donors (Lipinski definition) is 3. The lowest BCUT2D eigenvalue weighted by Crippen LogP contribution is -2.15. The number of halogens is 1. The van der Waals surface area contributed by atoms with E-state index in [2.05, 4.69) is 5.32 Å². The van der Waals surface area contributed by atoms with Gasteiger partial charge in [-0.3, -0.25) is 0 Å². The van der Waals surface area contributed by atoms with Gasteiger partial charge in [0.2, 0.25) is 10.0 Å². The molecule has 5 nitrogen and oxygen atoms in total. The predicted octanol–water partition coefficient (Wildman–Crippen LogP) is 2.11. The maximum absolute atomic E-state index is 13.5. The van der Waals surface area contributed by atoms with Gasteiger partial charge in [-0.1, -0.05) is 12.1 Å². The standard InChI is InChI=1S/C13H14FN3O2S/c1-8-9(14)4-2-5-10(8)17-11-6-3-7-12(13(11)15)20(16,18)19/h2-7,17H,15H2,1H3,(H2,16,18,19). The second kappa shape index (κ2) is 5.10. The Bertz CT molecular complexity index is 760. The molecule has 0 aliphatic heterocycles. The molecule has 0 radical (unpaired) electrons. The lowest BCUT2D eigenvalue weighted by atomic mass is 10.1. The molecule has 2 rings (SSSR count). The van der Waals surface area contributed by atoms with Gasteiger partial charge >= 0.3 is 0 Å². The molecule has 0 fully saturated rings. The second-order valence-electron chi connectivity index (χ2n) is 4.30. The van der Waals surface area contributed by atoms with Crippen molar-refractivity contribution < 1.29 is 12.8 Å². The highest BCUT2D eigenvalue weighted by atomic mass is 32.2. The molecule has 0 atom stereocenters. The van der Waals surface area contributed by atoms with Crippen molar-refractivity contribution in [2.45, 2.75) is 11.8 Å². The van der Waals surface area contributed by atoms with Crippen LogP contribution in [0.5, 0.6) is 0 Å². The highest BCUT2D eigenvalue weighted by Gasteiger charge is 2.15. The number of rotatable bonds is 3.